The van der Waals surface area contributed by atoms with E-state index in [9.17, 15) is 9.59 Å². The zero-order valence-electron chi connectivity index (χ0n) is 19.7. The molecule has 1 N–H and O–H groups in total. The highest BCUT2D eigenvalue weighted by atomic mass is 32.2. The van der Waals surface area contributed by atoms with Gasteiger partial charge >= 0.3 is 0 Å². The lowest BCUT2D eigenvalue weighted by molar-refractivity contribution is -0.118. The summed E-state index contributed by atoms with van der Waals surface area (Å²) in [6.07, 6.45) is 3.18. The van der Waals surface area contributed by atoms with E-state index in [4.69, 9.17) is 0 Å². The van der Waals surface area contributed by atoms with Crippen molar-refractivity contribution >= 4 is 23.5 Å². The van der Waals surface area contributed by atoms with Gasteiger partial charge in [-0.05, 0) is 57.0 Å². The minimum Gasteiger partial charge on any atom is -0.356 e. The average molecular weight is 478 g/mol. The van der Waals surface area contributed by atoms with Crippen LogP contribution >= 0.6 is 11.8 Å². The molecule has 4 rings (SSSR count). The monoisotopic (exact) mass is 477 g/mol. The molecule has 1 aliphatic rings. The quantitative estimate of drug-likeness (QED) is 0.352. The van der Waals surface area contributed by atoms with Gasteiger partial charge in [-0.15, -0.1) is 10.2 Å². The normalized spacial score (nSPS) is 14.8. The molecule has 3 aromatic rings. The van der Waals surface area contributed by atoms with Crippen LogP contribution in [-0.2, 0) is 17.8 Å². The van der Waals surface area contributed by atoms with Gasteiger partial charge in [-0.2, -0.15) is 0 Å². The van der Waals surface area contributed by atoms with Crippen LogP contribution in [0, 0.1) is 0 Å². The Labute approximate surface area is 205 Å². The van der Waals surface area contributed by atoms with Crippen molar-refractivity contribution in [1.29, 1.82) is 0 Å². The maximum absolute atomic E-state index is 13.2. The number of hydrogen-bond donors (Lipinski definition) is 1. The zero-order valence-corrected chi connectivity index (χ0v) is 20.6. The second kappa shape index (κ2) is 11.4. The number of para-hydroxylation sites is 1. The van der Waals surface area contributed by atoms with E-state index in [1.165, 1.54) is 31.5 Å². The largest absolute Gasteiger partial charge is 0.356 e. The van der Waals surface area contributed by atoms with Gasteiger partial charge in [0.15, 0.2) is 16.8 Å². The number of rotatable bonds is 10. The summed E-state index contributed by atoms with van der Waals surface area (Å²) in [5.41, 5.74) is 2.76. The molecule has 8 heteroatoms. The molecule has 2 aromatic carbocycles. The molecule has 0 bridgehead atoms. The van der Waals surface area contributed by atoms with E-state index in [-0.39, 0.29) is 16.9 Å². The molecule has 1 aliphatic heterocycles. The molecule has 1 atom stereocenters. The van der Waals surface area contributed by atoms with Crippen molar-refractivity contribution in [3.8, 4) is 5.69 Å². The SMILES string of the molecule is CC(=O)NCCc1ccc(C(=O)C(C)Sc2nnc(CN3CCCC3)n2-c2ccccc2)cc1. The third-order valence-electron chi connectivity index (χ3n) is 5.96. The summed E-state index contributed by atoms with van der Waals surface area (Å²) < 4.78 is 2.08. The summed E-state index contributed by atoms with van der Waals surface area (Å²) in [5, 5.41) is 12.2. The van der Waals surface area contributed by atoms with E-state index < -0.39 is 0 Å². The van der Waals surface area contributed by atoms with Gasteiger partial charge in [0.25, 0.3) is 0 Å². The van der Waals surface area contributed by atoms with Crippen molar-refractivity contribution in [2.75, 3.05) is 19.6 Å². The smallest absolute Gasteiger partial charge is 0.216 e. The van der Waals surface area contributed by atoms with Gasteiger partial charge in [-0.1, -0.05) is 54.2 Å². The predicted molar refractivity (Wildman–Crippen MR) is 134 cm³/mol. The van der Waals surface area contributed by atoms with Gasteiger partial charge in [-0.25, -0.2) is 0 Å². The van der Waals surface area contributed by atoms with Crippen molar-refractivity contribution in [2.45, 2.75) is 50.1 Å². The Morgan fingerprint density at radius 2 is 1.74 bits per heavy atom. The minimum absolute atomic E-state index is 0.0374. The number of benzene rings is 2. The average Bonchev–Trinajstić information content (AvgIpc) is 3.50. The van der Waals surface area contributed by atoms with Gasteiger partial charge in [0.05, 0.1) is 11.8 Å². The predicted octanol–water partition coefficient (Wildman–Crippen LogP) is 3.91. The van der Waals surface area contributed by atoms with Crippen LogP contribution in [0.25, 0.3) is 5.69 Å². The summed E-state index contributed by atoms with van der Waals surface area (Å²) in [4.78, 5) is 26.6. The van der Waals surface area contributed by atoms with Crippen LogP contribution in [0.3, 0.4) is 0 Å². The second-order valence-corrected chi connectivity index (χ2v) is 9.92. The first kappa shape index (κ1) is 24.2. The maximum Gasteiger partial charge on any atom is 0.216 e. The van der Waals surface area contributed by atoms with Crippen LogP contribution in [0.5, 0.6) is 0 Å². The number of amides is 1. The van der Waals surface area contributed by atoms with E-state index in [0.717, 1.165) is 48.3 Å². The third-order valence-corrected chi connectivity index (χ3v) is 7.00. The molecule has 1 amide bonds. The number of nitrogens with one attached hydrogen (secondary N) is 1. The number of aromatic nitrogens is 3. The second-order valence-electron chi connectivity index (χ2n) is 8.61. The van der Waals surface area contributed by atoms with Crippen molar-refractivity contribution in [3.05, 3.63) is 71.5 Å². The number of hydrogen-bond acceptors (Lipinski definition) is 6. The van der Waals surface area contributed by atoms with Gasteiger partial charge < -0.3 is 5.32 Å². The Bertz CT molecular complexity index is 1110. The standard InChI is InChI=1S/C26H31N5O2S/c1-19(25(33)22-12-10-21(11-13-22)14-15-27-20(2)32)34-26-29-28-24(18-30-16-6-7-17-30)31(26)23-8-4-3-5-9-23/h3-5,8-13,19H,6-7,14-18H2,1-2H3,(H,27,32). The molecule has 178 valence electrons. The highest BCUT2D eigenvalue weighted by Crippen LogP contribution is 2.28. The third kappa shape index (κ3) is 6.12. The molecule has 34 heavy (non-hydrogen) atoms. The first-order chi connectivity index (χ1) is 16.5. The summed E-state index contributed by atoms with van der Waals surface area (Å²) in [7, 11) is 0. The Morgan fingerprint density at radius 3 is 2.41 bits per heavy atom. The molecular weight excluding hydrogens is 446 g/mol. The minimum atomic E-state index is -0.309. The zero-order chi connectivity index (χ0) is 23.9. The van der Waals surface area contributed by atoms with Crippen LogP contribution < -0.4 is 5.32 Å². The number of carbonyl (C=O) groups is 2. The molecule has 0 radical (unpaired) electrons. The lowest BCUT2D eigenvalue weighted by Gasteiger charge is -2.17. The lowest BCUT2D eigenvalue weighted by atomic mass is 10.0. The number of thioether (sulfide) groups is 1. The van der Waals surface area contributed by atoms with E-state index >= 15 is 0 Å². The highest BCUT2D eigenvalue weighted by molar-refractivity contribution is 8.00. The fourth-order valence-corrected chi connectivity index (χ4v) is 5.08. The van der Waals surface area contributed by atoms with Gasteiger partial charge in [0.2, 0.25) is 5.91 Å². The fraction of sp³-hybridized carbons (Fsp3) is 0.385. The van der Waals surface area contributed by atoms with Crippen LogP contribution in [0.4, 0.5) is 0 Å². The molecule has 0 spiro atoms. The molecule has 0 saturated carbocycles. The number of likely N-dealkylation sites (tertiary alicyclic amines) is 1. The molecule has 2 heterocycles. The summed E-state index contributed by atoms with van der Waals surface area (Å²) >= 11 is 1.44. The molecule has 1 aromatic heterocycles. The number of ketones is 1. The van der Waals surface area contributed by atoms with Crippen LogP contribution in [0.1, 0.15) is 48.4 Å². The Hall–Kier alpha value is -2.97. The Morgan fingerprint density at radius 1 is 1.03 bits per heavy atom. The Kier molecular flexibility index (Phi) is 8.13. The summed E-state index contributed by atoms with van der Waals surface area (Å²) in [6, 6.07) is 17.7. The van der Waals surface area contributed by atoms with E-state index in [2.05, 4.69) is 25.0 Å². The van der Waals surface area contributed by atoms with Gasteiger partial charge in [-0.3, -0.25) is 19.1 Å². The topological polar surface area (TPSA) is 80.1 Å². The lowest BCUT2D eigenvalue weighted by Crippen LogP contribution is -2.22. The molecule has 0 aliphatic carbocycles. The van der Waals surface area contributed by atoms with Crippen molar-refractivity contribution in [2.24, 2.45) is 0 Å². The first-order valence-electron chi connectivity index (χ1n) is 11.8. The summed E-state index contributed by atoms with van der Waals surface area (Å²) in [6.45, 7) is 6.94. The number of Topliss-reactive ketones (excluding diaryl/α,β-unsaturated/α-hetero) is 1. The Balaban J connectivity index is 1.47. The molecule has 1 fully saturated rings. The highest BCUT2D eigenvalue weighted by Gasteiger charge is 2.23. The summed E-state index contributed by atoms with van der Waals surface area (Å²) in [5.74, 6) is 0.922. The van der Waals surface area contributed by atoms with Crippen molar-refractivity contribution in [3.63, 3.8) is 0 Å². The molecule has 7 nitrogen and oxygen atoms in total. The van der Waals surface area contributed by atoms with E-state index in [1.54, 1.807) is 0 Å². The number of carbonyl (C=O) groups excluding carboxylic acids is 2. The van der Waals surface area contributed by atoms with Gasteiger partial charge in [0.1, 0.15) is 0 Å². The fourth-order valence-electron chi connectivity index (χ4n) is 4.12. The van der Waals surface area contributed by atoms with Crippen molar-refractivity contribution in [1.82, 2.24) is 25.0 Å². The van der Waals surface area contributed by atoms with Crippen LogP contribution in [0.2, 0.25) is 0 Å². The van der Waals surface area contributed by atoms with Crippen LogP contribution in [-0.4, -0.2) is 56.2 Å². The first-order valence-corrected chi connectivity index (χ1v) is 12.7. The van der Waals surface area contributed by atoms with Crippen LogP contribution in [0.15, 0.2) is 59.8 Å². The van der Waals surface area contributed by atoms with Crippen molar-refractivity contribution < 1.29 is 9.59 Å². The number of nitrogens with zero attached hydrogens (tertiary/aromatic N) is 4. The maximum atomic E-state index is 13.2. The van der Waals surface area contributed by atoms with E-state index in [1.807, 2.05) is 61.5 Å². The van der Waals surface area contributed by atoms with E-state index in [0.29, 0.717) is 12.1 Å². The molecule has 1 saturated heterocycles. The van der Waals surface area contributed by atoms with Gasteiger partial charge in [0, 0.05) is 24.7 Å². The molecule has 1 unspecified atom stereocenters. The molecular formula is C26H31N5O2S.